The maximum atomic E-state index is 13.1. The number of aromatic amines is 1. The fraction of sp³-hybridized carbons (Fsp3) is 0.417. The van der Waals surface area contributed by atoms with E-state index in [4.69, 9.17) is 0 Å². The lowest BCUT2D eigenvalue weighted by Crippen LogP contribution is -2.37. The largest absolute Gasteiger partial charge is 0.361 e. The maximum absolute atomic E-state index is 13.1. The molecule has 0 radical (unpaired) electrons. The van der Waals surface area contributed by atoms with Gasteiger partial charge in [-0.3, -0.25) is 0 Å². The molecule has 4 rings (SSSR count). The van der Waals surface area contributed by atoms with Gasteiger partial charge in [-0.05, 0) is 60.9 Å². The Hall–Kier alpha value is -2.11. The van der Waals surface area contributed by atoms with Crippen molar-refractivity contribution in [2.24, 2.45) is 0 Å². The first-order valence-corrected chi connectivity index (χ1v) is 12.2. The van der Waals surface area contributed by atoms with Crippen molar-refractivity contribution in [3.63, 3.8) is 0 Å². The molecule has 1 N–H and O–H groups in total. The zero-order valence-corrected chi connectivity index (χ0v) is 17.9. The summed E-state index contributed by atoms with van der Waals surface area (Å²) in [4.78, 5) is 3.76. The average Bonchev–Trinajstić information content (AvgIpc) is 3.19. The van der Waals surface area contributed by atoms with Crippen molar-refractivity contribution in [1.29, 1.82) is 0 Å². The molecule has 29 heavy (non-hydrogen) atoms. The number of rotatable bonds is 7. The Morgan fingerprint density at radius 2 is 1.72 bits per heavy atom. The number of hydrogen-bond donors (Lipinski definition) is 1. The second kappa shape index (κ2) is 8.72. The number of nitrogens with one attached hydrogen (secondary N) is 1. The Morgan fingerprint density at radius 1 is 1.00 bits per heavy atom. The van der Waals surface area contributed by atoms with E-state index in [-0.39, 0.29) is 0 Å². The predicted molar refractivity (Wildman–Crippen MR) is 119 cm³/mol. The highest BCUT2D eigenvalue weighted by atomic mass is 32.2. The molecule has 1 saturated heterocycles. The van der Waals surface area contributed by atoms with E-state index in [0.29, 0.717) is 23.9 Å². The Bertz CT molecular complexity index is 1050. The Balaban J connectivity index is 1.42. The van der Waals surface area contributed by atoms with Crippen LogP contribution in [-0.4, -0.2) is 30.8 Å². The number of unbranched alkanes of at least 4 members (excludes halogenated alkanes) is 2. The summed E-state index contributed by atoms with van der Waals surface area (Å²) in [5.74, 6) is 0.401. The molecule has 2 aromatic carbocycles. The van der Waals surface area contributed by atoms with Gasteiger partial charge in [0.05, 0.1) is 4.90 Å². The number of sulfonamides is 1. The van der Waals surface area contributed by atoms with Crippen LogP contribution in [0.2, 0.25) is 0 Å². The van der Waals surface area contributed by atoms with Gasteiger partial charge in [-0.1, -0.05) is 50.1 Å². The lowest BCUT2D eigenvalue weighted by Gasteiger charge is -2.31. The van der Waals surface area contributed by atoms with Gasteiger partial charge in [0.25, 0.3) is 0 Å². The van der Waals surface area contributed by atoms with Crippen molar-refractivity contribution < 1.29 is 8.42 Å². The normalized spacial score (nSPS) is 16.4. The third kappa shape index (κ3) is 4.26. The number of para-hydroxylation sites is 1. The van der Waals surface area contributed by atoms with Crippen LogP contribution >= 0.6 is 0 Å². The van der Waals surface area contributed by atoms with Crippen LogP contribution in [0.25, 0.3) is 10.9 Å². The quantitative estimate of drug-likeness (QED) is 0.525. The average molecular weight is 411 g/mol. The summed E-state index contributed by atoms with van der Waals surface area (Å²) in [6.45, 7) is 3.34. The lowest BCUT2D eigenvalue weighted by molar-refractivity contribution is 0.320. The highest BCUT2D eigenvalue weighted by Crippen LogP contribution is 2.34. The second-order valence-electron chi connectivity index (χ2n) is 8.07. The summed E-state index contributed by atoms with van der Waals surface area (Å²) in [6.07, 6.45) is 8.39. The third-order valence-electron chi connectivity index (χ3n) is 6.15. The highest BCUT2D eigenvalue weighted by molar-refractivity contribution is 7.89. The Kier molecular flexibility index (Phi) is 6.07. The fourth-order valence-corrected chi connectivity index (χ4v) is 5.86. The van der Waals surface area contributed by atoms with Crippen molar-refractivity contribution >= 4 is 20.9 Å². The SMILES string of the molecule is CCCCCc1ccc(S(=O)(=O)N2CCC(c3c[nH]c4ccccc34)CC2)cc1. The summed E-state index contributed by atoms with van der Waals surface area (Å²) in [6, 6.07) is 15.8. The van der Waals surface area contributed by atoms with Crippen LogP contribution in [0.1, 0.15) is 56.1 Å². The number of benzene rings is 2. The standard InChI is InChI=1S/C24H30N2O2S/c1-2-3-4-7-19-10-12-21(13-11-19)29(27,28)26-16-14-20(15-17-26)23-18-25-24-9-6-5-8-22(23)24/h5-6,8-13,18,20,25H,2-4,7,14-17H2,1H3. The van der Waals surface area contributed by atoms with Crippen LogP contribution in [0.4, 0.5) is 0 Å². The topological polar surface area (TPSA) is 53.2 Å². The Morgan fingerprint density at radius 3 is 2.45 bits per heavy atom. The fourth-order valence-electron chi connectivity index (χ4n) is 4.40. The van der Waals surface area contributed by atoms with Gasteiger partial charge >= 0.3 is 0 Å². The summed E-state index contributed by atoms with van der Waals surface area (Å²) in [7, 11) is -3.41. The van der Waals surface area contributed by atoms with E-state index >= 15 is 0 Å². The number of aryl methyl sites for hydroxylation is 1. The zero-order chi connectivity index (χ0) is 20.3. The van der Waals surface area contributed by atoms with E-state index in [9.17, 15) is 8.42 Å². The van der Waals surface area contributed by atoms with Crippen LogP contribution in [0.15, 0.2) is 59.6 Å². The molecule has 5 heteroatoms. The molecule has 1 aromatic heterocycles. The minimum atomic E-state index is -3.41. The predicted octanol–water partition coefficient (Wildman–Crippen LogP) is 5.47. The van der Waals surface area contributed by atoms with Gasteiger partial charge in [-0.15, -0.1) is 0 Å². The number of fused-ring (bicyclic) bond motifs is 1. The lowest BCUT2D eigenvalue weighted by atomic mass is 9.90. The van der Waals surface area contributed by atoms with Gasteiger partial charge in [0, 0.05) is 30.2 Å². The second-order valence-corrected chi connectivity index (χ2v) is 10.0. The molecule has 0 unspecified atom stereocenters. The van der Waals surface area contributed by atoms with E-state index in [0.717, 1.165) is 31.2 Å². The van der Waals surface area contributed by atoms with Crippen molar-refractivity contribution in [3.8, 4) is 0 Å². The summed E-state index contributed by atoms with van der Waals surface area (Å²) in [5.41, 5.74) is 3.68. The molecular weight excluding hydrogens is 380 g/mol. The van der Waals surface area contributed by atoms with Gasteiger partial charge in [0.1, 0.15) is 0 Å². The summed E-state index contributed by atoms with van der Waals surface area (Å²) >= 11 is 0. The van der Waals surface area contributed by atoms with Gasteiger partial charge in [-0.25, -0.2) is 8.42 Å². The van der Waals surface area contributed by atoms with E-state index in [1.54, 1.807) is 16.4 Å². The van der Waals surface area contributed by atoms with E-state index in [2.05, 4.69) is 36.3 Å². The molecule has 0 amide bonds. The number of nitrogens with zero attached hydrogens (tertiary/aromatic N) is 1. The summed E-state index contributed by atoms with van der Waals surface area (Å²) < 4.78 is 27.8. The number of aromatic nitrogens is 1. The monoisotopic (exact) mass is 410 g/mol. The first-order chi connectivity index (χ1) is 14.1. The molecule has 0 bridgehead atoms. The van der Waals surface area contributed by atoms with Crippen LogP contribution < -0.4 is 0 Å². The van der Waals surface area contributed by atoms with E-state index in [1.165, 1.54) is 29.4 Å². The van der Waals surface area contributed by atoms with Crippen molar-refractivity contribution in [2.75, 3.05) is 13.1 Å². The molecule has 0 atom stereocenters. The van der Waals surface area contributed by atoms with Crippen molar-refractivity contribution in [1.82, 2.24) is 9.29 Å². The van der Waals surface area contributed by atoms with Crippen LogP contribution in [0, 0.1) is 0 Å². The number of hydrogen-bond acceptors (Lipinski definition) is 2. The first kappa shape index (κ1) is 20.2. The minimum absolute atomic E-state index is 0.401. The number of piperidine rings is 1. The molecule has 4 nitrogen and oxygen atoms in total. The van der Waals surface area contributed by atoms with Crippen molar-refractivity contribution in [3.05, 3.63) is 65.9 Å². The molecule has 1 aliphatic heterocycles. The van der Waals surface area contributed by atoms with Gasteiger partial charge in [0.15, 0.2) is 0 Å². The third-order valence-corrected chi connectivity index (χ3v) is 8.06. The first-order valence-electron chi connectivity index (χ1n) is 10.7. The molecule has 0 saturated carbocycles. The van der Waals surface area contributed by atoms with E-state index < -0.39 is 10.0 Å². The maximum Gasteiger partial charge on any atom is 0.243 e. The molecule has 1 aliphatic rings. The highest BCUT2D eigenvalue weighted by Gasteiger charge is 2.30. The zero-order valence-electron chi connectivity index (χ0n) is 17.1. The molecule has 0 aliphatic carbocycles. The van der Waals surface area contributed by atoms with Crippen LogP contribution in [-0.2, 0) is 16.4 Å². The Labute approximate surface area is 174 Å². The van der Waals surface area contributed by atoms with E-state index in [1.807, 2.05) is 18.2 Å². The molecular formula is C24H30N2O2S. The van der Waals surface area contributed by atoms with Gasteiger partial charge < -0.3 is 4.98 Å². The smallest absolute Gasteiger partial charge is 0.243 e. The minimum Gasteiger partial charge on any atom is -0.361 e. The molecule has 3 aromatic rings. The van der Waals surface area contributed by atoms with Crippen molar-refractivity contribution in [2.45, 2.75) is 56.3 Å². The molecule has 2 heterocycles. The molecule has 1 fully saturated rings. The van der Waals surface area contributed by atoms with Gasteiger partial charge in [-0.2, -0.15) is 4.31 Å². The number of H-pyrrole nitrogens is 1. The van der Waals surface area contributed by atoms with Crippen LogP contribution in [0.3, 0.4) is 0 Å². The van der Waals surface area contributed by atoms with Gasteiger partial charge in [0.2, 0.25) is 10.0 Å². The molecule has 0 spiro atoms. The molecule has 154 valence electrons. The summed E-state index contributed by atoms with van der Waals surface area (Å²) in [5, 5.41) is 1.26. The van der Waals surface area contributed by atoms with Crippen LogP contribution in [0.5, 0.6) is 0 Å².